The Morgan fingerprint density at radius 3 is 2.62 bits per heavy atom. The monoisotopic (exact) mass is 220 g/mol. The molecule has 0 unspecified atom stereocenters. The van der Waals surface area contributed by atoms with Gasteiger partial charge in [0, 0.05) is 19.3 Å². The standard InChI is InChI=1S/C11H9FN2O2/c1-13-10(15)5-6-14(11(13)16)9-4-2-3-8(12)7-9/h2-7H,1H3. The Kier molecular flexibility index (Phi) is 2.44. The minimum Gasteiger partial charge on any atom is -0.269 e. The third kappa shape index (κ3) is 1.67. The van der Waals surface area contributed by atoms with Gasteiger partial charge in [-0.25, -0.2) is 9.18 Å². The fourth-order valence-electron chi connectivity index (χ4n) is 1.39. The number of hydrogen-bond acceptors (Lipinski definition) is 2. The molecule has 0 radical (unpaired) electrons. The van der Waals surface area contributed by atoms with Crippen molar-refractivity contribution in [1.29, 1.82) is 0 Å². The van der Waals surface area contributed by atoms with Gasteiger partial charge < -0.3 is 0 Å². The second-order valence-electron chi connectivity index (χ2n) is 3.35. The second kappa shape index (κ2) is 3.77. The van der Waals surface area contributed by atoms with E-state index >= 15 is 0 Å². The fraction of sp³-hybridized carbons (Fsp3) is 0.0909. The molecule has 1 heterocycles. The van der Waals surface area contributed by atoms with Crippen LogP contribution < -0.4 is 11.2 Å². The molecule has 0 aliphatic heterocycles. The van der Waals surface area contributed by atoms with Gasteiger partial charge in [-0.3, -0.25) is 13.9 Å². The third-order valence-electron chi connectivity index (χ3n) is 2.28. The molecule has 0 atom stereocenters. The van der Waals surface area contributed by atoms with Gasteiger partial charge in [0.1, 0.15) is 5.82 Å². The van der Waals surface area contributed by atoms with Crippen LogP contribution in [0.4, 0.5) is 4.39 Å². The summed E-state index contributed by atoms with van der Waals surface area (Å²) in [6.07, 6.45) is 1.33. The molecule has 0 aliphatic carbocycles. The van der Waals surface area contributed by atoms with Crippen LogP contribution in [0.2, 0.25) is 0 Å². The summed E-state index contributed by atoms with van der Waals surface area (Å²) in [6.45, 7) is 0. The van der Waals surface area contributed by atoms with Gasteiger partial charge in [0.15, 0.2) is 0 Å². The SMILES string of the molecule is Cn1c(=O)ccn(-c2cccc(F)c2)c1=O. The highest BCUT2D eigenvalue weighted by Crippen LogP contribution is 2.06. The molecule has 82 valence electrons. The van der Waals surface area contributed by atoms with E-state index in [-0.39, 0.29) is 0 Å². The maximum absolute atomic E-state index is 13.0. The first-order valence-electron chi connectivity index (χ1n) is 4.64. The minimum absolute atomic E-state index is 0.389. The number of hydrogen-bond donors (Lipinski definition) is 0. The van der Waals surface area contributed by atoms with Gasteiger partial charge in [-0.15, -0.1) is 0 Å². The van der Waals surface area contributed by atoms with Crippen LogP contribution in [0.15, 0.2) is 46.1 Å². The lowest BCUT2D eigenvalue weighted by atomic mass is 10.3. The third-order valence-corrected chi connectivity index (χ3v) is 2.28. The number of nitrogens with zero attached hydrogens (tertiary/aromatic N) is 2. The zero-order valence-electron chi connectivity index (χ0n) is 8.55. The number of aromatic nitrogens is 2. The lowest BCUT2D eigenvalue weighted by molar-refractivity contribution is 0.625. The van der Waals surface area contributed by atoms with Crippen LogP contribution in [0.25, 0.3) is 5.69 Å². The van der Waals surface area contributed by atoms with Crippen LogP contribution >= 0.6 is 0 Å². The van der Waals surface area contributed by atoms with E-state index in [1.807, 2.05) is 0 Å². The summed E-state index contributed by atoms with van der Waals surface area (Å²) in [6, 6.07) is 6.87. The molecule has 2 aromatic rings. The number of halogens is 1. The average Bonchev–Trinajstić information content (AvgIpc) is 2.26. The first kappa shape index (κ1) is 10.4. The van der Waals surface area contributed by atoms with Gasteiger partial charge in [0.2, 0.25) is 0 Å². The van der Waals surface area contributed by atoms with Crippen molar-refractivity contribution in [2.45, 2.75) is 0 Å². The smallest absolute Gasteiger partial charge is 0.269 e. The van der Waals surface area contributed by atoms with Gasteiger partial charge >= 0.3 is 5.69 Å². The molecule has 5 heteroatoms. The van der Waals surface area contributed by atoms with Crippen molar-refractivity contribution in [3.8, 4) is 5.69 Å². The quantitative estimate of drug-likeness (QED) is 0.709. The second-order valence-corrected chi connectivity index (χ2v) is 3.35. The maximum Gasteiger partial charge on any atom is 0.335 e. The van der Waals surface area contributed by atoms with E-state index in [0.717, 1.165) is 4.57 Å². The Morgan fingerprint density at radius 2 is 1.94 bits per heavy atom. The van der Waals surface area contributed by atoms with Crippen molar-refractivity contribution < 1.29 is 4.39 Å². The molecule has 0 spiro atoms. The van der Waals surface area contributed by atoms with Crippen LogP contribution in [0.1, 0.15) is 0 Å². The maximum atomic E-state index is 13.0. The Bertz CT molecular complexity index is 643. The van der Waals surface area contributed by atoms with Crippen molar-refractivity contribution in [2.75, 3.05) is 0 Å². The zero-order chi connectivity index (χ0) is 11.7. The summed E-state index contributed by atoms with van der Waals surface area (Å²) in [5, 5.41) is 0. The van der Waals surface area contributed by atoms with Gasteiger partial charge in [-0.2, -0.15) is 0 Å². The molecule has 0 saturated carbocycles. The highest BCUT2D eigenvalue weighted by atomic mass is 19.1. The van der Waals surface area contributed by atoms with Crippen molar-refractivity contribution in [3.63, 3.8) is 0 Å². The van der Waals surface area contributed by atoms with Crippen molar-refractivity contribution in [1.82, 2.24) is 9.13 Å². The Morgan fingerprint density at radius 1 is 1.19 bits per heavy atom. The van der Waals surface area contributed by atoms with E-state index in [0.29, 0.717) is 5.69 Å². The van der Waals surface area contributed by atoms with E-state index in [2.05, 4.69) is 0 Å². The predicted octanol–water partition coefficient (Wildman–Crippen LogP) is 0.675. The Hall–Kier alpha value is -2.17. The molecule has 0 bridgehead atoms. The largest absolute Gasteiger partial charge is 0.335 e. The molecule has 16 heavy (non-hydrogen) atoms. The molecular weight excluding hydrogens is 211 g/mol. The summed E-state index contributed by atoms with van der Waals surface area (Å²) < 4.78 is 15.2. The van der Waals surface area contributed by atoms with Crippen LogP contribution in [-0.2, 0) is 7.05 Å². The van der Waals surface area contributed by atoms with E-state index in [4.69, 9.17) is 0 Å². The first-order valence-corrected chi connectivity index (χ1v) is 4.64. The Balaban J connectivity index is 2.71. The normalized spacial score (nSPS) is 10.4. The van der Waals surface area contributed by atoms with Gasteiger partial charge in [-0.05, 0) is 18.2 Å². The zero-order valence-corrected chi connectivity index (χ0v) is 8.55. The fourth-order valence-corrected chi connectivity index (χ4v) is 1.39. The van der Waals surface area contributed by atoms with E-state index in [1.54, 1.807) is 6.07 Å². The topological polar surface area (TPSA) is 44.0 Å². The van der Waals surface area contributed by atoms with Gasteiger partial charge in [-0.1, -0.05) is 6.07 Å². The van der Waals surface area contributed by atoms with Gasteiger partial charge in [0.05, 0.1) is 5.69 Å². The molecule has 0 fully saturated rings. The summed E-state index contributed by atoms with van der Waals surface area (Å²) >= 11 is 0. The summed E-state index contributed by atoms with van der Waals surface area (Å²) in [4.78, 5) is 22.9. The minimum atomic E-state index is -0.502. The van der Waals surface area contributed by atoms with Crippen molar-refractivity contribution in [3.05, 3.63) is 63.2 Å². The van der Waals surface area contributed by atoms with E-state index in [9.17, 15) is 14.0 Å². The summed E-state index contributed by atoms with van der Waals surface area (Å²) in [5.41, 5.74) is -0.503. The molecule has 0 N–H and O–H groups in total. The molecule has 4 nitrogen and oxygen atoms in total. The van der Waals surface area contributed by atoms with Gasteiger partial charge in [0.25, 0.3) is 5.56 Å². The molecular formula is C11H9FN2O2. The number of benzene rings is 1. The van der Waals surface area contributed by atoms with Crippen LogP contribution in [0.3, 0.4) is 0 Å². The summed E-state index contributed by atoms with van der Waals surface area (Å²) in [7, 11) is 1.38. The molecule has 2 rings (SSSR count). The van der Waals surface area contributed by atoms with Crippen molar-refractivity contribution >= 4 is 0 Å². The van der Waals surface area contributed by atoms with E-state index in [1.165, 1.54) is 42.1 Å². The molecule has 1 aromatic heterocycles. The Labute approximate surface area is 90.2 Å². The van der Waals surface area contributed by atoms with Crippen LogP contribution in [0, 0.1) is 5.82 Å². The lowest BCUT2D eigenvalue weighted by Crippen LogP contribution is -2.36. The summed E-state index contributed by atoms with van der Waals surface area (Å²) in [5.74, 6) is -0.432. The highest BCUT2D eigenvalue weighted by Gasteiger charge is 2.03. The van der Waals surface area contributed by atoms with Crippen molar-refractivity contribution in [2.24, 2.45) is 7.05 Å². The molecule has 0 amide bonds. The average molecular weight is 220 g/mol. The van der Waals surface area contributed by atoms with Crippen LogP contribution in [0.5, 0.6) is 0 Å². The lowest BCUT2D eigenvalue weighted by Gasteiger charge is -2.06. The molecule has 0 aliphatic rings. The highest BCUT2D eigenvalue weighted by molar-refractivity contribution is 5.31. The molecule has 0 saturated heterocycles. The molecule has 1 aromatic carbocycles. The first-order chi connectivity index (χ1) is 7.59. The van der Waals surface area contributed by atoms with E-state index < -0.39 is 17.1 Å². The van der Waals surface area contributed by atoms with Crippen LogP contribution in [-0.4, -0.2) is 9.13 Å². The number of rotatable bonds is 1. The predicted molar refractivity (Wildman–Crippen MR) is 57.2 cm³/mol.